The maximum Gasteiger partial charge on any atom is 0.237 e. The molecule has 1 aromatic heterocycles. The number of hydrogen-bond donors (Lipinski definition) is 2. The van der Waals surface area contributed by atoms with Crippen molar-refractivity contribution in [1.29, 1.82) is 0 Å². The molecule has 0 aliphatic carbocycles. The first-order chi connectivity index (χ1) is 7.00. The predicted molar refractivity (Wildman–Crippen MR) is 61.8 cm³/mol. The van der Waals surface area contributed by atoms with Gasteiger partial charge in [-0.05, 0) is 5.92 Å². The number of hydrogen-bond acceptors (Lipinski definition) is 4. The number of amides is 1. The average Bonchev–Trinajstić information content (AvgIpc) is 2.59. The molecule has 1 heterocycles. The molecule has 0 saturated heterocycles. The van der Waals surface area contributed by atoms with Crippen molar-refractivity contribution in [3.8, 4) is 0 Å². The van der Waals surface area contributed by atoms with Crippen molar-refractivity contribution in [1.82, 2.24) is 10.3 Å². The Morgan fingerprint density at radius 3 is 2.87 bits per heavy atom. The van der Waals surface area contributed by atoms with Gasteiger partial charge in [0.05, 0.1) is 12.6 Å². The number of rotatable bonds is 4. The molecule has 0 aliphatic heterocycles. The Morgan fingerprint density at radius 2 is 2.40 bits per heavy atom. The smallest absolute Gasteiger partial charge is 0.237 e. The number of carbonyl (C=O) groups excluding carboxylic acids is 1. The van der Waals surface area contributed by atoms with E-state index in [1.165, 1.54) is 11.3 Å². The van der Waals surface area contributed by atoms with E-state index in [4.69, 9.17) is 17.3 Å². The summed E-state index contributed by atoms with van der Waals surface area (Å²) in [5, 5.41) is 2.74. The number of halogens is 1. The van der Waals surface area contributed by atoms with Crippen molar-refractivity contribution in [3.05, 3.63) is 15.5 Å². The number of thiazole rings is 1. The fourth-order valence-corrected chi connectivity index (χ4v) is 1.88. The normalized spacial score (nSPS) is 12.9. The highest BCUT2D eigenvalue weighted by Crippen LogP contribution is 2.17. The van der Waals surface area contributed by atoms with Crippen molar-refractivity contribution in [2.45, 2.75) is 26.4 Å². The van der Waals surface area contributed by atoms with Crippen LogP contribution in [0.25, 0.3) is 0 Å². The second-order valence-corrected chi connectivity index (χ2v) is 5.26. The molecule has 1 unspecified atom stereocenters. The number of nitrogens with zero attached hydrogens (tertiary/aromatic N) is 1. The second kappa shape index (κ2) is 5.44. The first-order valence-corrected chi connectivity index (χ1v) is 5.83. The van der Waals surface area contributed by atoms with Gasteiger partial charge < -0.3 is 11.1 Å². The van der Waals surface area contributed by atoms with Gasteiger partial charge in [0.25, 0.3) is 0 Å². The molecule has 0 aliphatic rings. The highest BCUT2D eigenvalue weighted by molar-refractivity contribution is 7.15. The molecule has 4 nitrogen and oxygen atoms in total. The molecule has 3 N–H and O–H groups in total. The van der Waals surface area contributed by atoms with Gasteiger partial charge in [-0.2, -0.15) is 0 Å². The van der Waals surface area contributed by atoms with Gasteiger partial charge in [0.15, 0.2) is 4.47 Å². The van der Waals surface area contributed by atoms with Crippen molar-refractivity contribution in [2.75, 3.05) is 0 Å². The number of carbonyl (C=O) groups is 1. The molecule has 84 valence electrons. The predicted octanol–water partition coefficient (Wildman–Crippen LogP) is 1.40. The van der Waals surface area contributed by atoms with E-state index in [0.717, 1.165) is 4.88 Å². The molecule has 1 rings (SSSR count). The summed E-state index contributed by atoms with van der Waals surface area (Å²) in [5.74, 6) is -0.00966. The van der Waals surface area contributed by atoms with Crippen LogP contribution in [0.3, 0.4) is 0 Å². The largest absolute Gasteiger partial charge is 0.350 e. The molecule has 0 spiro atoms. The number of nitrogens with one attached hydrogen (secondary N) is 1. The van der Waals surface area contributed by atoms with Gasteiger partial charge in [-0.1, -0.05) is 25.4 Å². The van der Waals surface area contributed by atoms with Crippen molar-refractivity contribution < 1.29 is 4.79 Å². The lowest BCUT2D eigenvalue weighted by atomic mass is 10.1. The van der Waals surface area contributed by atoms with Crippen LogP contribution in [0, 0.1) is 5.92 Å². The maximum absolute atomic E-state index is 11.5. The number of aromatic nitrogens is 1. The molecular formula is C9H14ClN3OS. The average molecular weight is 248 g/mol. The minimum absolute atomic E-state index is 0.134. The van der Waals surface area contributed by atoms with Gasteiger partial charge in [-0.15, -0.1) is 11.3 Å². The van der Waals surface area contributed by atoms with Gasteiger partial charge >= 0.3 is 0 Å². The van der Waals surface area contributed by atoms with E-state index in [0.29, 0.717) is 11.0 Å². The van der Waals surface area contributed by atoms with Crippen molar-refractivity contribution in [3.63, 3.8) is 0 Å². The summed E-state index contributed by atoms with van der Waals surface area (Å²) in [4.78, 5) is 16.3. The maximum atomic E-state index is 11.5. The van der Waals surface area contributed by atoms with Gasteiger partial charge in [0.2, 0.25) is 5.91 Å². The standard InChI is InChI=1S/C9H14ClN3OS/c1-5(2)7(11)8(14)12-3-6-4-13-9(10)15-6/h4-5,7H,3,11H2,1-2H3,(H,12,14). The zero-order valence-electron chi connectivity index (χ0n) is 8.66. The summed E-state index contributed by atoms with van der Waals surface area (Å²) in [6.45, 7) is 4.26. The van der Waals surface area contributed by atoms with Gasteiger partial charge in [0.1, 0.15) is 0 Å². The van der Waals surface area contributed by atoms with Crippen LogP contribution >= 0.6 is 22.9 Å². The molecule has 0 fully saturated rings. The van der Waals surface area contributed by atoms with Crippen LogP contribution in [0.5, 0.6) is 0 Å². The van der Waals surface area contributed by atoms with E-state index >= 15 is 0 Å². The van der Waals surface area contributed by atoms with Crippen LogP contribution in [0.1, 0.15) is 18.7 Å². The molecule has 0 bridgehead atoms. The fourth-order valence-electron chi connectivity index (χ4n) is 0.960. The summed E-state index contributed by atoms with van der Waals surface area (Å²) in [6.07, 6.45) is 1.65. The summed E-state index contributed by atoms with van der Waals surface area (Å²) in [5.41, 5.74) is 5.68. The topological polar surface area (TPSA) is 68.0 Å². The Bertz CT molecular complexity index is 340. The quantitative estimate of drug-likeness (QED) is 0.845. The summed E-state index contributed by atoms with van der Waals surface area (Å²) < 4.78 is 0.479. The van der Waals surface area contributed by atoms with Gasteiger partial charge in [0, 0.05) is 11.1 Å². The third-order valence-corrected chi connectivity index (χ3v) is 3.10. The van der Waals surface area contributed by atoms with Crippen molar-refractivity contribution >= 4 is 28.8 Å². The molecule has 15 heavy (non-hydrogen) atoms. The van der Waals surface area contributed by atoms with Crippen LogP contribution in [0.4, 0.5) is 0 Å². The Morgan fingerprint density at radius 1 is 1.73 bits per heavy atom. The van der Waals surface area contributed by atoms with E-state index in [1.54, 1.807) is 6.20 Å². The summed E-state index contributed by atoms with van der Waals surface area (Å²) in [7, 11) is 0. The van der Waals surface area contributed by atoms with E-state index in [9.17, 15) is 4.79 Å². The molecule has 6 heteroatoms. The van der Waals surface area contributed by atoms with Crippen LogP contribution < -0.4 is 11.1 Å². The lowest BCUT2D eigenvalue weighted by molar-refractivity contribution is -0.123. The lowest BCUT2D eigenvalue weighted by Gasteiger charge is -2.14. The Kier molecular flexibility index (Phi) is 4.50. The monoisotopic (exact) mass is 247 g/mol. The number of nitrogens with two attached hydrogens (primary N) is 1. The van der Waals surface area contributed by atoms with Crippen LogP contribution in [-0.2, 0) is 11.3 Å². The zero-order chi connectivity index (χ0) is 11.4. The van der Waals surface area contributed by atoms with E-state index in [-0.39, 0.29) is 11.8 Å². The molecule has 1 atom stereocenters. The molecule has 0 radical (unpaired) electrons. The lowest BCUT2D eigenvalue weighted by Crippen LogP contribution is -2.43. The fraction of sp³-hybridized carbons (Fsp3) is 0.556. The van der Waals surface area contributed by atoms with Gasteiger partial charge in [-0.25, -0.2) is 4.98 Å². The minimum atomic E-state index is -0.464. The summed E-state index contributed by atoms with van der Waals surface area (Å²) >= 11 is 7.01. The highest BCUT2D eigenvalue weighted by Gasteiger charge is 2.16. The third-order valence-electron chi connectivity index (χ3n) is 1.98. The first kappa shape index (κ1) is 12.4. The zero-order valence-corrected chi connectivity index (χ0v) is 10.2. The van der Waals surface area contributed by atoms with Gasteiger partial charge in [-0.3, -0.25) is 4.79 Å². The van der Waals surface area contributed by atoms with Crippen LogP contribution in [-0.4, -0.2) is 16.9 Å². The van der Waals surface area contributed by atoms with Crippen molar-refractivity contribution in [2.24, 2.45) is 11.7 Å². The highest BCUT2D eigenvalue weighted by atomic mass is 35.5. The SMILES string of the molecule is CC(C)C(N)C(=O)NCc1cnc(Cl)s1. The molecular weight excluding hydrogens is 234 g/mol. The second-order valence-electron chi connectivity index (χ2n) is 3.57. The van der Waals surface area contributed by atoms with Crippen LogP contribution in [0.2, 0.25) is 4.47 Å². The molecule has 1 amide bonds. The molecule has 0 aromatic carbocycles. The third kappa shape index (κ3) is 3.77. The minimum Gasteiger partial charge on any atom is -0.350 e. The summed E-state index contributed by atoms with van der Waals surface area (Å²) in [6, 6.07) is -0.464. The van der Waals surface area contributed by atoms with E-state index < -0.39 is 6.04 Å². The molecule has 1 aromatic rings. The Labute approximate surface area is 97.8 Å². The van der Waals surface area contributed by atoms with E-state index in [1.807, 2.05) is 13.8 Å². The van der Waals surface area contributed by atoms with Crippen LogP contribution in [0.15, 0.2) is 6.20 Å². The first-order valence-electron chi connectivity index (χ1n) is 4.64. The Hall–Kier alpha value is -0.650. The Balaban J connectivity index is 2.40. The van der Waals surface area contributed by atoms with E-state index in [2.05, 4.69) is 10.3 Å². The molecule has 0 saturated carbocycles.